The van der Waals surface area contributed by atoms with Crippen LogP contribution in [0.1, 0.15) is 28.7 Å². The van der Waals surface area contributed by atoms with Gasteiger partial charge in [-0.1, -0.05) is 54.1 Å². The van der Waals surface area contributed by atoms with Gasteiger partial charge in [-0.2, -0.15) is 0 Å². The molecule has 0 bridgehead atoms. The largest absolute Gasteiger partial charge is 0.342 e. The minimum atomic E-state index is -2.52. The molecule has 136 valence electrons. The van der Waals surface area contributed by atoms with Crippen LogP contribution in [0.5, 0.6) is 0 Å². The average molecular weight is 358 g/mol. The van der Waals surface area contributed by atoms with Crippen LogP contribution in [-0.2, 0) is 22.4 Å². The normalized spacial score (nSPS) is 20.0. The summed E-state index contributed by atoms with van der Waals surface area (Å²) in [6, 6.07) is 12.3. The molecule has 0 radical (unpaired) electrons. The van der Waals surface area contributed by atoms with Gasteiger partial charge in [0.2, 0.25) is 11.8 Å². The van der Waals surface area contributed by atoms with E-state index in [1.807, 2.05) is 31.2 Å². The summed E-state index contributed by atoms with van der Waals surface area (Å²) in [6.45, 7) is 1.97. The number of hydrogen-bond acceptors (Lipinski definition) is 2. The molecule has 2 atom stereocenters. The van der Waals surface area contributed by atoms with Gasteiger partial charge < -0.3 is 10.6 Å². The lowest BCUT2D eigenvalue weighted by molar-refractivity contribution is -0.136. The van der Waals surface area contributed by atoms with Crippen LogP contribution >= 0.6 is 0 Å². The molecule has 1 fully saturated rings. The highest BCUT2D eigenvalue weighted by Crippen LogP contribution is 2.19. The highest BCUT2D eigenvalue weighted by atomic mass is 19.3. The number of hydrogen-bond donors (Lipinski definition) is 2. The number of carbonyl (C=O) groups is 2. The Morgan fingerprint density at radius 3 is 2.00 bits per heavy atom. The summed E-state index contributed by atoms with van der Waals surface area (Å²) in [7, 11) is 0. The van der Waals surface area contributed by atoms with E-state index in [1.165, 1.54) is 12.1 Å². The number of alkyl halides is 2. The van der Waals surface area contributed by atoms with Gasteiger partial charge in [-0.25, -0.2) is 8.78 Å². The Labute approximate surface area is 150 Å². The molecule has 1 heterocycles. The van der Waals surface area contributed by atoms with Crippen LogP contribution < -0.4 is 10.6 Å². The molecule has 1 aliphatic rings. The van der Waals surface area contributed by atoms with Crippen molar-refractivity contribution in [3.05, 3.63) is 70.8 Å². The fourth-order valence-corrected chi connectivity index (χ4v) is 3.07. The van der Waals surface area contributed by atoms with Gasteiger partial charge in [-0.3, -0.25) is 9.59 Å². The highest BCUT2D eigenvalue weighted by molar-refractivity contribution is 5.97. The Kier molecular flexibility index (Phi) is 5.30. The number of rotatable bonds is 5. The maximum atomic E-state index is 12.6. The predicted octanol–water partition coefficient (Wildman–Crippen LogP) is 2.70. The first-order valence-corrected chi connectivity index (χ1v) is 8.45. The van der Waals surface area contributed by atoms with Crippen molar-refractivity contribution in [2.24, 2.45) is 0 Å². The molecule has 1 saturated heterocycles. The topological polar surface area (TPSA) is 58.2 Å². The molecule has 26 heavy (non-hydrogen) atoms. The fourth-order valence-electron chi connectivity index (χ4n) is 3.07. The third-order valence-corrected chi connectivity index (χ3v) is 4.46. The van der Waals surface area contributed by atoms with E-state index in [4.69, 9.17) is 0 Å². The average Bonchev–Trinajstić information content (AvgIpc) is 2.60. The summed E-state index contributed by atoms with van der Waals surface area (Å²) >= 11 is 0. The lowest BCUT2D eigenvalue weighted by atomic mass is 9.97. The Bertz CT molecular complexity index is 806. The summed E-state index contributed by atoms with van der Waals surface area (Å²) in [6.07, 6.45) is -1.84. The molecule has 1 aliphatic heterocycles. The van der Waals surface area contributed by atoms with Gasteiger partial charge in [0.1, 0.15) is 12.1 Å². The lowest BCUT2D eigenvalue weighted by Gasteiger charge is -2.30. The van der Waals surface area contributed by atoms with E-state index in [-0.39, 0.29) is 23.8 Å². The molecule has 2 N–H and O–H groups in total. The smallest absolute Gasteiger partial charge is 0.263 e. The second-order valence-electron chi connectivity index (χ2n) is 6.56. The third-order valence-electron chi connectivity index (χ3n) is 4.46. The Morgan fingerprint density at radius 1 is 0.885 bits per heavy atom. The van der Waals surface area contributed by atoms with Crippen molar-refractivity contribution in [1.29, 1.82) is 0 Å². The van der Waals surface area contributed by atoms with Crippen molar-refractivity contribution in [2.75, 3.05) is 0 Å². The third kappa shape index (κ3) is 4.25. The van der Waals surface area contributed by atoms with Crippen molar-refractivity contribution in [3.8, 4) is 0 Å². The number of piperazine rings is 1. The van der Waals surface area contributed by atoms with Crippen molar-refractivity contribution < 1.29 is 18.4 Å². The van der Waals surface area contributed by atoms with Crippen molar-refractivity contribution >= 4 is 11.8 Å². The Balaban J connectivity index is 1.63. The van der Waals surface area contributed by atoms with E-state index in [2.05, 4.69) is 10.6 Å². The lowest BCUT2D eigenvalue weighted by Crippen LogP contribution is -2.62. The molecule has 2 unspecified atom stereocenters. The van der Waals surface area contributed by atoms with E-state index in [0.717, 1.165) is 11.1 Å². The molecule has 0 saturated carbocycles. The summed E-state index contributed by atoms with van der Waals surface area (Å²) in [5, 5.41) is 5.50. The number of amides is 2. The number of nitrogens with one attached hydrogen (secondary N) is 2. The number of carbonyl (C=O) groups excluding carboxylic acids is 2. The van der Waals surface area contributed by atoms with E-state index < -0.39 is 18.5 Å². The van der Waals surface area contributed by atoms with E-state index in [9.17, 15) is 18.4 Å². The zero-order valence-electron chi connectivity index (χ0n) is 14.3. The molecule has 6 heteroatoms. The maximum absolute atomic E-state index is 12.6. The second-order valence-corrected chi connectivity index (χ2v) is 6.56. The van der Waals surface area contributed by atoms with Crippen LogP contribution in [-0.4, -0.2) is 23.9 Å². The zero-order valence-corrected chi connectivity index (χ0v) is 14.3. The van der Waals surface area contributed by atoms with Crippen LogP contribution in [0, 0.1) is 6.92 Å². The Morgan fingerprint density at radius 2 is 1.46 bits per heavy atom. The van der Waals surface area contributed by atoms with Crippen molar-refractivity contribution in [2.45, 2.75) is 38.3 Å². The van der Waals surface area contributed by atoms with Gasteiger partial charge in [-0.15, -0.1) is 0 Å². The first-order chi connectivity index (χ1) is 12.4. The van der Waals surface area contributed by atoms with E-state index >= 15 is 0 Å². The van der Waals surface area contributed by atoms with E-state index in [0.29, 0.717) is 12.0 Å². The number of halogens is 2. The molecule has 3 rings (SSSR count). The van der Waals surface area contributed by atoms with Crippen molar-refractivity contribution in [1.82, 2.24) is 10.6 Å². The maximum Gasteiger partial charge on any atom is 0.263 e. The molecular formula is C20H20F2N2O2. The summed E-state index contributed by atoms with van der Waals surface area (Å²) < 4.78 is 25.2. The summed E-state index contributed by atoms with van der Waals surface area (Å²) in [5.74, 6) is -0.500. The number of benzene rings is 2. The molecule has 2 aromatic rings. The monoisotopic (exact) mass is 358 g/mol. The molecule has 2 aromatic carbocycles. The zero-order chi connectivity index (χ0) is 18.7. The van der Waals surface area contributed by atoms with E-state index in [1.54, 1.807) is 12.1 Å². The van der Waals surface area contributed by atoms with Crippen molar-refractivity contribution in [3.63, 3.8) is 0 Å². The number of aryl methyl sites for hydroxylation is 1. The quantitative estimate of drug-likeness (QED) is 0.863. The summed E-state index contributed by atoms with van der Waals surface area (Å²) in [4.78, 5) is 24.7. The molecule has 2 amide bonds. The van der Waals surface area contributed by atoms with Gasteiger partial charge in [-0.05, 0) is 18.1 Å². The SMILES string of the molecule is Cc1cccc(CC2NC(=O)C(Cc3ccc(C(F)F)cc3)NC2=O)c1. The summed E-state index contributed by atoms with van der Waals surface area (Å²) in [5.41, 5.74) is 2.72. The van der Waals surface area contributed by atoms with Gasteiger partial charge >= 0.3 is 0 Å². The minimum Gasteiger partial charge on any atom is -0.342 e. The Hall–Kier alpha value is -2.76. The molecular weight excluding hydrogens is 338 g/mol. The molecule has 0 spiro atoms. The fraction of sp³-hybridized carbons (Fsp3) is 0.300. The van der Waals surface area contributed by atoms with Gasteiger partial charge in [0.25, 0.3) is 6.43 Å². The van der Waals surface area contributed by atoms with Gasteiger partial charge in [0.15, 0.2) is 0 Å². The molecule has 0 aliphatic carbocycles. The first-order valence-electron chi connectivity index (χ1n) is 8.45. The van der Waals surface area contributed by atoms with Gasteiger partial charge in [0, 0.05) is 18.4 Å². The van der Waals surface area contributed by atoms with Crippen LogP contribution in [0.15, 0.2) is 48.5 Å². The van der Waals surface area contributed by atoms with Gasteiger partial charge in [0.05, 0.1) is 0 Å². The van der Waals surface area contributed by atoms with Crippen LogP contribution in [0.25, 0.3) is 0 Å². The van der Waals surface area contributed by atoms with Crippen LogP contribution in [0.3, 0.4) is 0 Å². The minimum absolute atomic E-state index is 0.0656. The van der Waals surface area contributed by atoms with Crippen LogP contribution in [0.4, 0.5) is 8.78 Å². The predicted molar refractivity (Wildman–Crippen MR) is 93.8 cm³/mol. The highest BCUT2D eigenvalue weighted by Gasteiger charge is 2.33. The standard InChI is InChI=1S/C20H20F2N2O2/c1-12-3-2-4-14(9-12)11-17-20(26)23-16(19(25)24-17)10-13-5-7-15(8-6-13)18(21)22/h2-9,16-18H,10-11H2,1H3,(H,23,26)(H,24,25). The van der Waals surface area contributed by atoms with Crippen LogP contribution in [0.2, 0.25) is 0 Å². The molecule has 0 aromatic heterocycles. The first kappa shape index (κ1) is 18.0. The molecule has 4 nitrogen and oxygen atoms in total. The second kappa shape index (κ2) is 7.64.